The fraction of sp³-hybridized carbons (Fsp3) is 0.500. The molecular formula is C10H15N5O10P2. The number of anilines is 1. The number of fused-ring (bicyclic) bond motifs is 1. The van der Waals surface area contributed by atoms with E-state index in [-0.39, 0.29) is 17.0 Å². The first-order valence-corrected chi connectivity index (χ1v) is 10.2. The zero-order valence-electron chi connectivity index (χ0n) is 13.2. The summed E-state index contributed by atoms with van der Waals surface area (Å²) in [6.07, 6.45) is -3.20. The number of phosphoric ester groups is 1. The Morgan fingerprint density at radius 2 is 1.89 bits per heavy atom. The van der Waals surface area contributed by atoms with E-state index >= 15 is 0 Å². The Morgan fingerprint density at radius 1 is 1.19 bits per heavy atom. The molecule has 17 heteroatoms. The van der Waals surface area contributed by atoms with E-state index in [2.05, 4.69) is 23.8 Å². The first-order valence-electron chi connectivity index (χ1n) is 7.17. The summed E-state index contributed by atoms with van der Waals surface area (Å²) >= 11 is 0. The fourth-order valence-electron chi connectivity index (χ4n) is 2.48. The van der Waals surface area contributed by atoms with Gasteiger partial charge < -0.3 is 35.4 Å². The van der Waals surface area contributed by atoms with E-state index in [1.165, 1.54) is 10.9 Å². The van der Waals surface area contributed by atoms with Gasteiger partial charge in [0.15, 0.2) is 17.7 Å². The van der Waals surface area contributed by atoms with Crippen LogP contribution in [-0.4, -0.2) is 69.3 Å². The molecule has 7 N–H and O–H groups in total. The zero-order chi connectivity index (χ0) is 20.0. The number of aliphatic hydroxyl groups excluding tert-OH is 2. The van der Waals surface area contributed by atoms with Crippen LogP contribution in [0.5, 0.6) is 0 Å². The van der Waals surface area contributed by atoms with Gasteiger partial charge in [0.2, 0.25) is 0 Å². The third-order valence-corrected chi connectivity index (χ3v) is 5.76. The van der Waals surface area contributed by atoms with E-state index in [4.69, 9.17) is 20.3 Å². The minimum atomic E-state index is -5.29. The van der Waals surface area contributed by atoms with Crippen LogP contribution in [-0.2, 0) is 22.7 Å². The van der Waals surface area contributed by atoms with Crippen molar-refractivity contribution in [3.63, 3.8) is 0 Å². The lowest BCUT2D eigenvalue weighted by molar-refractivity contribution is -0.0503. The summed E-state index contributed by atoms with van der Waals surface area (Å²) in [5, 5.41) is 20.3. The van der Waals surface area contributed by atoms with E-state index in [1.54, 1.807) is 0 Å². The highest BCUT2D eigenvalue weighted by molar-refractivity contribution is 7.60. The van der Waals surface area contributed by atoms with Gasteiger partial charge in [0.05, 0.1) is 12.9 Å². The van der Waals surface area contributed by atoms with E-state index in [0.29, 0.717) is 0 Å². The Kier molecular flexibility index (Phi) is 5.35. The van der Waals surface area contributed by atoms with E-state index in [0.717, 1.165) is 6.33 Å². The van der Waals surface area contributed by atoms with Crippen molar-refractivity contribution in [3.05, 3.63) is 12.7 Å². The Bertz CT molecular complexity index is 932. The molecule has 1 aliphatic rings. The van der Waals surface area contributed by atoms with E-state index in [9.17, 15) is 24.2 Å². The molecule has 2 aromatic heterocycles. The molecule has 2 aromatic rings. The zero-order valence-corrected chi connectivity index (χ0v) is 15.0. The van der Waals surface area contributed by atoms with Gasteiger partial charge in [-0.15, -0.1) is 0 Å². The Hall–Kier alpha value is -1.51. The van der Waals surface area contributed by atoms with Gasteiger partial charge in [-0.2, -0.15) is 4.31 Å². The van der Waals surface area contributed by atoms with Crippen LogP contribution in [0.3, 0.4) is 0 Å². The van der Waals surface area contributed by atoms with Crippen LogP contribution in [0.25, 0.3) is 11.2 Å². The highest BCUT2D eigenvalue weighted by Gasteiger charge is 2.46. The predicted molar refractivity (Wildman–Crippen MR) is 84.6 cm³/mol. The van der Waals surface area contributed by atoms with Crippen LogP contribution in [0.1, 0.15) is 6.23 Å². The highest BCUT2D eigenvalue weighted by atomic mass is 31.3. The van der Waals surface area contributed by atoms with Crippen molar-refractivity contribution in [1.29, 1.82) is 0 Å². The predicted octanol–water partition coefficient (Wildman–Crippen LogP) is -1.75. The SMILES string of the molecule is [15NH2]c1[15n]c[15n]c2c1[15n]c[15n]2[C@@H]1O[C@H](COP(=O)(O)OP(=O)(O)O)[C@@H](O)[C@H]1O. The molecule has 150 valence electrons. The number of ether oxygens (including phenoxy) is 1. The van der Waals surface area contributed by atoms with Crippen molar-refractivity contribution in [2.75, 3.05) is 12.3 Å². The molecule has 0 spiro atoms. The number of hydrogen-bond donors (Lipinski definition) is 6. The van der Waals surface area contributed by atoms with Gasteiger partial charge in [-0.25, -0.2) is 24.1 Å². The number of rotatable bonds is 6. The van der Waals surface area contributed by atoms with Crippen LogP contribution in [0.4, 0.5) is 5.82 Å². The summed E-state index contributed by atoms with van der Waals surface area (Å²) in [6.45, 7) is -0.813. The smallest absolute Gasteiger partial charge is 0.387 e. The van der Waals surface area contributed by atoms with Gasteiger partial charge >= 0.3 is 15.6 Å². The average Bonchev–Trinajstić information content (AvgIpc) is 3.07. The molecule has 0 saturated carbocycles. The molecular weight excluding hydrogens is 417 g/mol. The topological polar surface area (TPSA) is 233 Å². The second-order valence-electron chi connectivity index (χ2n) is 5.47. The lowest BCUT2D eigenvalue weighted by Crippen LogP contribution is -2.33. The molecule has 1 unspecified atom stereocenters. The number of imidazole rings is 1. The van der Waals surface area contributed by atoms with Crippen molar-refractivity contribution in [1.82, 2.24) is 19.5 Å². The summed E-state index contributed by atoms with van der Waals surface area (Å²) in [5.41, 5.74) is 6.11. The molecule has 3 heterocycles. The first kappa shape index (κ1) is 20.2. The van der Waals surface area contributed by atoms with E-state index in [1.807, 2.05) is 0 Å². The van der Waals surface area contributed by atoms with Gasteiger partial charge in [0.25, 0.3) is 0 Å². The van der Waals surface area contributed by atoms with Crippen LogP contribution < -0.4 is 5.73 Å². The van der Waals surface area contributed by atoms with Crippen LogP contribution >= 0.6 is 15.6 Å². The van der Waals surface area contributed by atoms with Crippen molar-refractivity contribution >= 4 is 32.6 Å². The Labute approximate surface area is 150 Å². The summed E-state index contributed by atoms with van der Waals surface area (Å²) in [6, 6.07) is 0. The first-order chi connectivity index (χ1) is 12.5. The largest absolute Gasteiger partial charge is 0.481 e. The van der Waals surface area contributed by atoms with Crippen LogP contribution in [0.2, 0.25) is 0 Å². The molecule has 0 amide bonds. The maximum Gasteiger partial charge on any atom is 0.481 e. The number of nitrogens with two attached hydrogens (primary N) is 1. The summed E-state index contributed by atoms with van der Waals surface area (Å²) in [7, 11) is -10.4. The molecule has 1 saturated heterocycles. The van der Waals surface area contributed by atoms with Crippen molar-refractivity contribution in [2.45, 2.75) is 24.5 Å². The summed E-state index contributed by atoms with van der Waals surface area (Å²) in [5.74, 6) is 0.0856. The van der Waals surface area contributed by atoms with Crippen molar-refractivity contribution < 1.29 is 47.6 Å². The third-order valence-electron chi connectivity index (χ3n) is 3.61. The molecule has 1 fully saturated rings. The van der Waals surface area contributed by atoms with Gasteiger partial charge in [0, 0.05) is 0 Å². The molecule has 0 bridgehead atoms. The number of hydrogen-bond acceptors (Lipinski definition) is 11. The molecule has 0 aromatic carbocycles. The van der Waals surface area contributed by atoms with Gasteiger partial charge in [-0.1, -0.05) is 0 Å². The van der Waals surface area contributed by atoms with E-state index < -0.39 is 46.8 Å². The highest BCUT2D eigenvalue weighted by Crippen LogP contribution is 2.57. The maximum absolute atomic E-state index is 11.5. The van der Waals surface area contributed by atoms with Crippen molar-refractivity contribution in [3.8, 4) is 0 Å². The molecule has 15 nitrogen and oxygen atoms in total. The Morgan fingerprint density at radius 3 is 2.56 bits per heavy atom. The van der Waals surface area contributed by atoms with Gasteiger partial charge in [-0.3, -0.25) is 9.09 Å². The molecule has 0 radical (unpaired) electrons. The van der Waals surface area contributed by atoms with Gasteiger partial charge in [-0.05, 0) is 0 Å². The second kappa shape index (κ2) is 7.14. The maximum atomic E-state index is 11.5. The minimum Gasteiger partial charge on any atom is -0.387 e. The summed E-state index contributed by atoms with van der Waals surface area (Å²) < 4.78 is 36.8. The average molecular weight is 432 g/mol. The Balaban J connectivity index is 1.75. The molecule has 1 aliphatic heterocycles. The third kappa shape index (κ3) is 4.33. The molecule has 27 heavy (non-hydrogen) atoms. The quantitative estimate of drug-likeness (QED) is 0.220. The lowest BCUT2D eigenvalue weighted by atomic mass is 10.1. The monoisotopic (exact) mass is 432 g/mol. The fourth-order valence-corrected chi connectivity index (χ4v) is 4.08. The second-order valence-corrected chi connectivity index (χ2v) is 8.30. The van der Waals surface area contributed by atoms with Crippen molar-refractivity contribution in [2.24, 2.45) is 0 Å². The number of nitrogens with zero attached hydrogens (tertiary/aromatic N) is 4. The number of nitrogen functional groups attached to an aromatic ring is 1. The summed E-state index contributed by atoms with van der Waals surface area (Å²) in [4.78, 5) is 38.1. The number of phosphoric acid groups is 2. The van der Waals surface area contributed by atoms with Crippen LogP contribution in [0, 0.1) is 0 Å². The normalized spacial score (nSPS) is 28.5. The van der Waals surface area contributed by atoms with Gasteiger partial charge in [0.1, 0.15) is 30.2 Å². The lowest BCUT2D eigenvalue weighted by Gasteiger charge is -2.17. The number of aromatic nitrogens is 4. The molecule has 5 atom stereocenters. The molecule has 3 rings (SSSR count). The minimum absolute atomic E-state index is 0.0856. The standard InChI is InChI=1S/C10H15N5O10P2/c11-8-5-9(13-2-12-8)15(3-14-5)10-7(17)6(16)4(24-10)1-23-27(21,22)25-26(18,19)20/h2-4,6-7,10,16-17H,1H2,(H,21,22)(H2,11,12,13)(H2,18,19,20)/t4-,6-,7-,10-/m1/s1/i11+1,12+1,13+1,14+1,15+1. The number of aliphatic hydroxyl groups is 2. The van der Waals surface area contributed by atoms with Crippen LogP contribution in [0.15, 0.2) is 12.7 Å². The molecule has 0 aliphatic carbocycles.